The van der Waals surface area contributed by atoms with Gasteiger partial charge in [0.05, 0.1) is 6.61 Å². The Hall–Kier alpha value is -2.28. The summed E-state index contributed by atoms with van der Waals surface area (Å²) in [5, 5.41) is 1.92. The molecule has 1 aromatic carbocycles. The average molecular weight is 323 g/mol. The Balaban J connectivity index is 2.37. The number of rotatable bonds is 6. The first kappa shape index (κ1) is 17.8. The van der Waals surface area contributed by atoms with E-state index in [0.717, 1.165) is 10.5 Å². The zero-order chi connectivity index (χ0) is 16.4. The maximum Gasteiger partial charge on any atom is 0.413 e. The number of nitrogens with one attached hydrogen (secondary N) is 1. The van der Waals surface area contributed by atoms with E-state index in [1.165, 1.54) is 6.08 Å². The maximum absolute atomic E-state index is 11.4. The van der Waals surface area contributed by atoms with Crippen LogP contribution >= 0.6 is 11.8 Å². The molecule has 0 radical (unpaired) electrons. The van der Waals surface area contributed by atoms with Crippen molar-refractivity contribution in [2.45, 2.75) is 11.8 Å². The number of carbonyl (C=O) groups is 3. The van der Waals surface area contributed by atoms with Crippen molar-refractivity contribution in [3.63, 3.8) is 0 Å². The molecule has 22 heavy (non-hydrogen) atoms. The number of imide groups is 1. The van der Waals surface area contributed by atoms with E-state index in [9.17, 15) is 14.4 Å². The van der Waals surface area contributed by atoms with Gasteiger partial charge in [0.2, 0.25) is 0 Å². The van der Waals surface area contributed by atoms with Crippen LogP contribution in [-0.2, 0) is 19.1 Å². The summed E-state index contributed by atoms with van der Waals surface area (Å²) >= 11 is 1.62. The molecule has 0 fully saturated rings. The number of carbonyl (C=O) groups excluding carboxylic acids is 3. The molecule has 0 spiro atoms. The third kappa shape index (κ3) is 6.94. The number of hydrogen-bond acceptors (Lipinski definition) is 6. The van der Waals surface area contributed by atoms with E-state index in [-0.39, 0.29) is 6.61 Å². The van der Waals surface area contributed by atoms with E-state index in [4.69, 9.17) is 4.74 Å². The van der Waals surface area contributed by atoms with Crippen LogP contribution in [0.3, 0.4) is 0 Å². The molecule has 0 aromatic heterocycles. The third-order valence-corrected chi connectivity index (χ3v) is 3.13. The highest BCUT2D eigenvalue weighted by molar-refractivity contribution is 7.98. The van der Waals surface area contributed by atoms with Gasteiger partial charge < -0.3 is 9.47 Å². The van der Waals surface area contributed by atoms with Crippen molar-refractivity contribution in [3.05, 3.63) is 35.9 Å². The Bertz CT molecular complexity index is 554. The van der Waals surface area contributed by atoms with E-state index in [1.54, 1.807) is 24.8 Å². The molecular formula is C15H17NO5S. The standard InChI is InChI=1S/C15H17NO5S/c1-3-20-15(19)16-13(17)10-21-14(18)9-6-11-4-7-12(22-2)8-5-11/h4-9H,3,10H2,1-2H3,(H,16,17,19)/b9-6+. The van der Waals surface area contributed by atoms with Crippen LogP contribution in [0, 0.1) is 0 Å². The molecule has 0 saturated heterocycles. The highest BCUT2D eigenvalue weighted by atomic mass is 32.2. The predicted octanol–water partition coefficient (Wildman–Crippen LogP) is 2.24. The minimum Gasteiger partial charge on any atom is -0.452 e. The van der Waals surface area contributed by atoms with Gasteiger partial charge in [0.15, 0.2) is 6.61 Å². The maximum atomic E-state index is 11.4. The second-order valence-electron chi connectivity index (χ2n) is 3.98. The summed E-state index contributed by atoms with van der Waals surface area (Å²) < 4.78 is 9.22. The molecule has 0 unspecified atom stereocenters. The number of thioether (sulfide) groups is 1. The number of hydrogen-bond donors (Lipinski definition) is 1. The lowest BCUT2D eigenvalue weighted by Gasteiger charge is -2.04. The highest BCUT2D eigenvalue weighted by Crippen LogP contribution is 2.15. The van der Waals surface area contributed by atoms with Gasteiger partial charge in [-0.3, -0.25) is 10.1 Å². The van der Waals surface area contributed by atoms with E-state index < -0.39 is 24.6 Å². The van der Waals surface area contributed by atoms with Gasteiger partial charge in [0.1, 0.15) is 0 Å². The monoisotopic (exact) mass is 323 g/mol. The van der Waals surface area contributed by atoms with Crippen molar-refractivity contribution in [2.24, 2.45) is 0 Å². The summed E-state index contributed by atoms with van der Waals surface area (Å²) in [5.74, 6) is -1.42. The van der Waals surface area contributed by atoms with Gasteiger partial charge in [-0.25, -0.2) is 9.59 Å². The van der Waals surface area contributed by atoms with Crippen molar-refractivity contribution in [1.29, 1.82) is 0 Å². The van der Waals surface area contributed by atoms with Gasteiger partial charge in [0.25, 0.3) is 5.91 Å². The molecule has 1 N–H and O–H groups in total. The normalized spacial score (nSPS) is 10.3. The molecule has 0 heterocycles. The Morgan fingerprint density at radius 2 is 1.86 bits per heavy atom. The fourth-order valence-electron chi connectivity index (χ4n) is 1.38. The van der Waals surface area contributed by atoms with E-state index >= 15 is 0 Å². The van der Waals surface area contributed by atoms with Gasteiger partial charge in [-0.1, -0.05) is 12.1 Å². The fourth-order valence-corrected chi connectivity index (χ4v) is 1.79. The van der Waals surface area contributed by atoms with Gasteiger partial charge in [-0.2, -0.15) is 0 Å². The quantitative estimate of drug-likeness (QED) is 0.491. The van der Waals surface area contributed by atoms with Crippen molar-refractivity contribution in [2.75, 3.05) is 19.5 Å². The lowest BCUT2D eigenvalue weighted by molar-refractivity contribution is -0.143. The van der Waals surface area contributed by atoms with Gasteiger partial charge >= 0.3 is 12.1 Å². The lowest BCUT2D eigenvalue weighted by Crippen LogP contribution is -2.34. The van der Waals surface area contributed by atoms with E-state index in [2.05, 4.69) is 4.74 Å². The number of amides is 2. The Labute approximate surface area is 132 Å². The molecule has 7 heteroatoms. The number of ether oxygens (including phenoxy) is 2. The van der Waals surface area contributed by atoms with Crippen LogP contribution in [0.4, 0.5) is 4.79 Å². The van der Waals surface area contributed by atoms with E-state index in [0.29, 0.717) is 0 Å². The predicted molar refractivity (Wildman–Crippen MR) is 83.4 cm³/mol. The van der Waals surface area contributed by atoms with Gasteiger partial charge in [-0.05, 0) is 37.0 Å². The Morgan fingerprint density at radius 1 is 1.18 bits per heavy atom. The minimum atomic E-state index is -0.868. The van der Waals surface area contributed by atoms with Crippen LogP contribution in [0.25, 0.3) is 6.08 Å². The Kier molecular flexibility index (Phi) is 7.77. The summed E-state index contributed by atoms with van der Waals surface area (Å²) in [6.07, 6.45) is 3.90. The van der Waals surface area contributed by atoms with Crippen molar-refractivity contribution in [3.8, 4) is 0 Å². The van der Waals surface area contributed by atoms with E-state index in [1.807, 2.05) is 35.8 Å². The summed E-state index contributed by atoms with van der Waals surface area (Å²) in [6.45, 7) is 1.21. The van der Waals surface area contributed by atoms with Gasteiger partial charge in [0, 0.05) is 11.0 Å². The average Bonchev–Trinajstić information content (AvgIpc) is 2.51. The molecule has 0 saturated carbocycles. The fraction of sp³-hybridized carbons (Fsp3) is 0.267. The van der Waals surface area contributed by atoms with Crippen LogP contribution < -0.4 is 5.32 Å². The molecule has 0 aliphatic heterocycles. The molecule has 118 valence electrons. The molecule has 0 aliphatic carbocycles. The number of esters is 1. The molecule has 6 nitrogen and oxygen atoms in total. The first-order valence-corrected chi connectivity index (χ1v) is 7.73. The first-order valence-electron chi connectivity index (χ1n) is 6.50. The zero-order valence-electron chi connectivity index (χ0n) is 12.3. The van der Waals surface area contributed by atoms with Crippen molar-refractivity contribution < 1.29 is 23.9 Å². The first-order chi connectivity index (χ1) is 10.5. The summed E-state index contributed by atoms with van der Waals surface area (Å²) in [6, 6.07) is 7.59. The highest BCUT2D eigenvalue weighted by Gasteiger charge is 2.09. The lowest BCUT2D eigenvalue weighted by atomic mass is 10.2. The van der Waals surface area contributed by atoms with Crippen LogP contribution in [0.1, 0.15) is 12.5 Å². The molecule has 1 rings (SSSR count). The van der Waals surface area contributed by atoms with Crippen LogP contribution in [0.5, 0.6) is 0 Å². The smallest absolute Gasteiger partial charge is 0.413 e. The zero-order valence-corrected chi connectivity index (χ0v) is 13.1. The van der Waals surface area contributed by atoms with Crippen LogP contribution in [0.15, 0.2) is 35.2 Å². The summed E-state index contributed by atoms with van der Waals surface area (Å²) in [4.78, 5) is 34.8. The summed E-state index contributed by atoms with van der Waals surface area (Å²) in [5.41, 5.74) is 0.839. The second kappa shape index (κ2) is 9.62. The van der Waals surface area contributed by atoms with Crippen molar-refractivity contribution >= 4 is 35.8 Å². The summed E-state index contributed by atoms with van der Waals surface area (Å²) in [7, 11) is 0. The second-order valence-corrected chi connectivity index (χ2v) is 4.86. The molecule has 0 bridgehead atoms. The largest absolute Gasteiger partial charge is 0.452 e. The van der Waals surface area contributed by atoms with Crippen molar-refractivity contribution in [1.82, 2.24) is 5.32 Å². The Morgan fingerprint density at radius 3 is 2.45 bits per heavy atom. The number of benzene rings is 1. The molecule has 1 aromatic rings. The molecular weight excluding hydrogens is 306 g/mol. The van der Waals surface area contributed by atoms with Crippen LogP contribution in [-0.4, -0.2) is 37.4 Å². The molecule has 0 aliphatic rings. The SMILES string of the molecule is CCOC(=O)NC(=O)COC(=O)/C=C/c1ccc(SC)cc1. The molecule has 0 atom stereocenters. The third-order valence-electron chi connectivity index (χ3n) is 2.39. The number of alkyl carbamates (subject to hydrolysis) is 1. The van der Waals surface area contributed by atoms with Crippen LogP contribution in [0.2, 0.25) is 0 Å². The molecule has 2 amide bonds. The topological polar surface area (TPSA) is 81.7 Å². The minimum absolute atomic E-state index is 0.150. The van der Waals surface area contributed by atoms with Gasteiger partial charge in [-0.15, -0.1) is 11.8 Å².